The van der Waals surface area contributed by atoms with Gasteiger partial charge in [-0.05, 0) is 18.6 Å². The lowest BCUT2D eigenvalue weighted by Gasteiger charge is -2.20. The fourth-order valence-corrected chi connectivity index (χ4v) is 3.57. The zero-order valence-electron chi connectivity index (χ0n) is 11.4. The first kappa shape index (κ1) is 14.0. The van der Waals surface area contributed by atoms with Crippen molar-refractivity contribution in [3.05, 3.63) is 34.1 Å². The van der Waals surface area contributed by atoms with Gasteiger partial charge >= 0.3 is 0 Å². The molecule has 0 bridgehead atoms. The summed E-state index contributed by atoms with van der Waals surface area (Å²) < 4.78 is 6.68. The van der Waals surface area contributed by atoms with Crippen LogP contribution >= 0.6 is 27.3 Å². The van der Waals surface area contributed by atoms with Crippen LogP contribution in [0.1, 0.15) is 19.8 Å². The molecule has 2 aromatic rings. The van der Waals surface area contributed by atoms with Gasteiger partial charge in [-0.1, -0.05) is 41.4 Å². The summed E-state index contributed by atoms with van der Waals surface area (Å²) in [5.74, 6) is 0. The van der Waals surface area contributed by atoms with Crippen LogP contribution in [0.2, 0.25) is 0 Å². The molecule has 5 heteroatoms. The maximum atomic E-state index is 5.59. The Morgan fingerprint density at radius 2 is 2.20 bits per heavy atom. The van der Waals surface area contributed by atoms with Crippen LogP contribution in [0.3, 0.4) is 0 Å². The maximum Gasteiger partial charge on any atom is 0.188 e. The number of thiazole rings is 1. The largest absolute Gasteiger partial charge is 0.359 e. The summed E-state index contributed by atoms with van der Waals surface area (Å²) in [6.07, 6.45) is 2.34. The lowest BCUT2D eigenvalue weighted by Crippen LogP contribution is -2.30. The lowest BCUT2D eigenvalue weighted by molar-refractivity contribution is 0.193. The van der Waals surface area contributed by atoms with Crippen LogP contribution in [0.4, 0.5) is 5.13 Å². The van der Waals surface area contributed by atoms with Gasteiger partial charge < -0.3 is 9.64 Å². The van der Waals surface area contributed by atoms with E-state index in [1.807, 2.05) is 12.1 Å². The SMILES string of the molecule is CCC[C@H]1COCN1c1nc(-c2ccc(Br)cc2)cs1. The third-order valence-electron chi connectivity index (χ3n) is 3.48. The predicted molar refractivity (Wildman–Crippen MR) is 87.2 cm³/mol. The van der Waals surface area contributed by atoms with Crippen LogP contribution in [0.25, 0.3) is 11.3 Å². The van der Waals surface area contributed by atoms with E-state index in [0.29, 0.717) is 12.8 Å². The van der Waals surface area contributed by atoms with Crippen molar-refractivity contribution in [2.24, 2.45) is 0 Å². The second-order valence-electron chi connectivity index (χ2n) is 4.93. The van der Waals surface area contributed by atoms with Gasteiger partial charge in [0.2, 0.25) is 0 Å². The van der Waals surface area contributed by atoms with E-state index in [9.17, 15) is 0 Å². The average Bonchev–Trinajstić information content (AvgIpc) is 3.08. The van der Waals surface area contributed by atoms with E-state index in [2.05, 4.69) is 45.3 Å². The quantitative estimate of drug-likeness (QED) is 0.807. The minimum Gasteiger partial charge on any atom is -0.359 e. The van der Waals surface area contributed by atoms with Crippen molar-refractivity contribution >= 4 is 32.4 Å². The van der Waals surface area contributed by atoms with Gasteiger partial charge in [0.1, 0.15) is 6.73 Å². The molecule has 0 saturated carbocycles. The van der Waals surface area contributed by atoms with Gasteiger partial charge in [-0.15, -0.1) is 11.3 Å². The number of halogens is 1. The number of hydrogen-bond donors (Lipinski definition) is 0. The molecule has 1 aliphatic rings. The summed E-state index contributed by atoms with van der Waals surface area (Å²) in [6.45, 7) is 3.70. The summed E-state index contributed by atoms with van der Waals surface area (Å²) in [5.41, 5.74) is 2.20. The third kappa shape index (κ3) is 2.90. The highest BCUT2D eigenvalue weighted by molar-refractivity contribution is 9.10. The molecular weight excluding hydrogens is 336 g/mol. The molecule has 1 atom stereocenters. The molecule has 0 amide bonds. The van der Waals surface area contributed by atoms with Crippen LogP contribution in [0.5, 0.6) is 0 Å². The fourth-order valence-electron chi connectivity index (χ4n) is 2.42. The summed E-state index contributed by atoms with van der Waals surface area (Å²) in [4.78, 5) is 7.06. The molecule has 20 heavy (non-hydrogen) atoms. The average molecular weight is 353 g/mol. The van der Waals surface area contributed by atoms with Crippen LogP contribution in [0.15, 0.2) is 34.1 Å². The number of anilines is 1. The molecular formula is C15H17BrN2OS. The molecule has 1 fully saturated rings. The van der Waals surface area contributed by atoms with Gasteiger partial charge in [-0.3, -0.25) is 0 Å². The molecule has 3 rings (SSSR count). The Kier molecular flexibility index (Phi) is 4.38. The van der Waals surface area contributed by atoms with Gasteiger partial charge in [0.25, 0.3) is 0 Å². The highest BCUT2D eigenvalue weighted by Gasteiger charge is 2.26. The van der Waals surface area contributed by atoms with E-state index < -0.39 is 0 Å². The number of ether oxygens (including phenoxy) is 1. The molecule has 0 spiro atoms. The van der Waals surface area contributed by atoms with Gasteiger partial charge in [0.05, 0.1) is 18.3 Å². The normalized spacial score (nSPS) is 18.7. The molecule has 0 radical (unpaired) electrons. The molecule has 0 unspecified atom stereocenters. The molecule has 2 heterocycles. The van der Waals surface area contributed by atoms with E-state index in [0.717, 1.165) is 33.9 Å². The Balaban J connectivity index is 1.81. The number of hydrogen-bond acceptors (Lipinski definition) is 4. The van der Waals surface area contributed by atoms with Crippen molar-refractivity contribution < 1.29 is 4.74 Å². The zero-order valence-corrected chi connectivity index (χ0v) is 13.8. The van der Waals surface area contributed by atoms with E-state index in [-0.39, 0.29) is 0 Å². The highest BCUT2D eigenvalue weighted by Crippen LogP contribution is 2.31. The van der Waals surface area contributed by atoms with Crippen molar-refractivity contribution in [3.8, 4) is 11.3 Å². The van der Waals surface area contributed by atoms with Crippen molar-refractivity contribution in [3.63, 3.8) is 0 Å². The van der Waals surface area contributed by atoms with Crippen LogP contribution in [-0.2, 0) is 4.74 Å². The van der Waals surface area contributed by atoms with Crippen molar-refractivity contribution in [1.82, 2.24) is 4.98 Å². The van der Waals surface area contributed by atoms with Crippen molar-refractivity contribution in [2.75, 3.05) is 18.2 Å². The Labute approximate surface area is 131 Å². The molecule has 1 aliphatic heterocycles. The summed E-state index contributed by atoms with van der Waals surface area (Å²) >= 11 is 5.16. The van der Waals surface area contributed by atoms with Gasteiger partial charge in [0, 0.05) is 15.4 Å². The minimum atomic E-state index is 0.476. The summed E-state index contributed by atoms with van der Waals surface area (Å²) in [6, 6.07) is 8.75. The number of nitrogens with zero attached hydrogens (tertiary/aromatic N) is 2. The summed E-state index contributed by atoms with van der Waals surface area (Å²) in [5, 5.41) is 3.19. The standard InChI is InChI=1S/C15H17BrN2OS/c1-2-3-13-8-19-10-18(13)15-17-14(9-20-15)11-4-6-12(16)7-5-11/h4-7,9,13H,2-3,8,10H2,1H3/t13-/m0/s1. The zero-order chi connectivity index (χ0) is 13.9. The van der Waals surface area contributed by atoms with Crippen LogP contribution < -0.4 is 4.90 Å². The Bertz CT molecular complexity index is 570. The van der Waals surface area contributed by atoms with Crippen molar-refractivity contribution in [1.29, 1.82) is 0 Å². The first-order chi connectivity index (χ1) is 9.78. The summed E-state index contributed by atoms with van der Waals surface area (Å²) in [7, 11) is 0. The third-order valence-corrected chi connectivity index (χ3v) is 4.89. The molecule has 1 aromatic heterocycles. The molecule has 0 N–H and O–H groups in total. The molecule has 0 aliphatic carbocycles. The molecule has 1 saturated heterocycles. The Morgan fingerprint density at radius 1 is 1.40 bits per heavy atom. The van der Waals surface area contributed by atoms with Crippen LogP contribution in [0, 0.1) is 0 Å². The van der Waals surface area contributed by atoms with E-state index >= 15 is 0 Å². The smallest absolute Gasteiger partial charge is 0.188 e. The minimum absolute atomic E-state index is 0.476. The monoisotopic (exact) mass is 352 g/mol. The van der Waals surface area contributed by atoms with Gasteiger partial charge in [-0.25, -0.2) is 4.98 Å². The lowest BCUT2D eigenvalue weighted by atomic mass is 10.2. The van der Waals surface area contributed by atoms with E-state index in [1.165, 1.54) is 6.42 Å². The molecule has 3 nitrogen and oxygen atoms in total. The molecule has 106 valence electrons. The van der Waals surface area contributed by atoms with E-state index in [1.54, 1.807) is 11.3 Å². The van der Waals surface area contributed by atoms with Crippen LogP contribution in [-0.4, -0.2) is 24.4 Å². The number of rotatable bonds is 4. The van der Waals surface area contributed by atoms with Gasteiger partial charge in [-0.2, -0.15) is 0 Å². The first-order valence-corrected chi connectivity index (χ1v) is 8.51. The first-order valence-electron chi connectivity index (χ1n) is 6.84. The fraction of sp³-hybridized carbons (Fsp3) is 0.400. The predicted octanol–water partition coefficient (Wildman–Crippen LogP) is 4.54. The topological polar surface area (TPSA) is 25.4 Å². The second kappa shape index (κ2) is 6.24. The second-order valence-corrected chi connectivity index (χ2v) is 6.69. The van der Waals surface area contributed by atoms with E-state index in [4.69, 9.17) is 9.72 Å². The Hall–Kier alpha value is -0.910. The Morgan fingerprint density at radius 3 is 2.95 bits per heavy atom. The molecule has 1 aromatic carbocycles. The number of benzene rings is 1. The van der Waals surface area contributed by atoms with Crippen molar-refractivity contribution in [2.45, 2.75) is 25.8 Å². The highest BCUT2D eigenvalue weighted by atomic mass is 79.9. The number of aromatic nitrogens is 1. The van der Waals surface area contributed by atoms with Gasteiger partial charge in [0.15, 0.2) is 5.13 Å². The maximum absolute atomic E-state index is 5.59.